The van der Waals surface area contributed by atoms with Crippen molar-refractivity contribution in [1.29, 1.82) is 0 Å². The highest BCUT2D eigenvalue weighted by atomic mass is 16.1. The Hall–Kier alpha value is -1.01. The second-order valence-corrected chi connectivity index (χ2v) is 2.89. The van der Waals surface area contributed by atoms with Crippen LogP contribution in [0.4, 0.5) is 0 Å². The number of nitrogens with two attached hydrogens (primary N) is 1. The third-order valence-corrected chi connectivity index (χ3v) is 1.77. The van der Waals surface area contributed by atoms with E-state index in [1.54, 1.807) is 6.92 Å². The second kappa shape index (κ2) is 5.62. The number of carbonyl (C=O) groups is 1. The number of rotatable bonds is 4. The van der Waals surface area contributed by atoms with Crippen molar-refractivity contribution in [1.82, 2.24) is 5.32 Å². The molecule has 2 atom stereocenters. The maximum atomic E-state index is 11.2. The molecule has 0 radical (unpaired) electrons. The average Bonchev–Trinajstić information content (AvgIpc) is 2.03. The van der Waals surface area contributed by atoms with E-state index in [-0.39, 0.29) is 17.9 Å². The first-order valence-electron chi connectivity index (χ1n) is 4.06. The first kappa shape index (κ1) is 11.0. The van der Waals surface area contributed by atoms with Gasteiger partial charge in [-0.05, 0) is 6.92 Å². The van der Waals surface area contributed by atoms with Crippen LogP contribution in [0.3, 0.4) is 0 Å². The van der Waals surface area contributed by atoms with Gasteiger partial charge in [0, 0.05) is 24.9 Å². The third kappa shape index (κ3) is 3.99. The summed E-state index contributed by atoms with van der Waals surface area (Å²) < 4.78 is 0. The summed E-state index contributed by atoms with van der Waals surface area (Å²) in [5.41, 5.74) is 5.54. The lowest BCUT2D eigenvalue weighted by molar-refractivity contribution is -0.124. The summed E-state index contributed by atoms with van der Waals surface area (Å²) in [5.74, 6) is 2.27. The van der Waals surface area contributed by atoms with Gasteiger partial charge >= 0.3 is 0 Å². The van der Waals surface area contributed by atoms with Crippen LogP contribution in [-0.4, -0.2) is 18.5 Å². The Labute approximate surface area is 73.7 Å². The number of hydrogen-bond acceptors (Lipinski definition) is 2. The van der Waals surface area contributed by atoms with Gasteiger partial charge in [-0.3, -0.25) is 4.79 Å². The minimum atomic E-state index is -0.150. The van der Waals surface area contributed by atoms with Gasteiger partial charge in [-0.25, -0.2) is 0 Å². The van der Waals surface area contributed by atoms with Gasteiger partial charge in [0.2, 0.25) is 5.91 Å². The van der Waals surface area contributed by atoms with Crippen LogP contribution in [0.2, 0.25) is 0 Å². The Kier molecular flexibility index (Phi) is 5.14. The zero-order chi connectivity index (χ0) is 9.56. The van der Waals surface area contributed by atoms with Gasteiger partial charge < -0.3 is 11.1 Å². The highest BCUT2D eigenvalue weighted by Gasteiger charge is 2.15. The molecule has 0 saturated heterocycles. The zero-order valence-corrected chi connectivity index (χ0v) is 7.63. The number of carbonyl (C=O) groups excluding carboxylic acids is 1. The summed E-state index contributed by atoms with van der Waals surface area (Å²) in [5, 5.41) is 2.70. The molecule has 0 aromatic carbocycles. The first-order chi connectivity index (χ1) is 5.59. The molecule has 0 aliphatic carbocycles. The van der Waals surface area contributed by atoms with Gasteiger partial charge in [0.1, 0.15) is 0 Å². The van der Waals surface area contributed by atoms with Crippen LogP contribution >= 0.6 is 0 Å². The van der Waals surface area contributed by atoms with Crippen LogP contribution in [0.1, 0.15) is 20.3 Å². The largest absolute Gasteiger partial charge is 0.355 e. The van der Waals surface area contributed by atoms with Crippen molar-refractivity contribution < 1.29 is 4.79 Å². The van der Waals surface area contributed by atoms with Gasteiger partial charge in [-0.15, -0.1) is 12.3 Å². The lowest BCUT2D eigenvalue weighted by atomic mass is 10.0. The normalized spacial score (nSPS) is 14.5. The van der Waals surface area contributed by atoms with Crippen LogP contribution < -0.4 is 11.1 Å². The Bertz CT molecular complexity index is 181. The molecule has 0 aromatic heterocycles. The lowest BCUT2D eigenvalue weighted by Crippen LogP contribution is -2.38. The fourth-order valence-electron chi connectivity index (χ4n) is 0.658. The number of nitrogens with one attached hydrogen (secondary N) is 1. The molecule has 0 rings (SSSR count). The van der Waals surface area contributed by atoms with Crippen molar-refractivity contribution in [3.05, 3.63) is 0 Å². The molecule has 0 saturated carbocycles. The van der Waals surface area contributed by atoms with E-state index in [1.165, 1.54) is 0 Å². The molecule has 1 amide bonds. The fraction of sp³-hybridized carbons (Fsp3) is 0.667. The van der Waals surface area contributed by atoms with Gasteiger partial charge in [0.05, 0.1) is 0 Å². The standard InChI is InChI=1S/C9H16N2O/c1-4-5-6-11-9(12)7(2)8(3)10/h1,7-8H,5-6,10H2,2-3H3,(H,11,12). The van der Waals surface area contributed by atoms with Crippen molar-refractivity contribution in [2.75, 3.05) is 6.54 Å². The summed E-state index contributed by atoms with van der Waals surface area (Å²) in [6, 6.07) is -0.115. The van der Waals surface area contributed by atoms with Crippen molar-refractivity contribution >= 4 is 5.91 Å². The van der Waals surface area contributed by atoms with Crippen LogP contribution in [0, 0.1) is 18.3 Å². The van der Waals surface area contributed by atoms with E-state index < -0.39 is 0 Å². The molecule has 68 valence electrons. The molecule has 0 aliphatic heterocycles. The van der Waals surface area contributed by atoms with E-state index in [2.05, 4.69) is 11.2 Å². The molecule has 3 heteroatoms. The van der Waals surface area contributed by atoms with Crippen LogP contribution in [0.5, 0.6) is 0 Å². The fourth-order valence-corrected chi connectivity index (χ4v) is 0.658. The Morgan fingerprint density at radius 1 is 1.67 bits per heavy atom. The van der Waals surface area contributed by atoms with Crippen LogP contribution in [0.15, 0.2) is 0 Å². The van der Waals surface area contributed by atoms with Gasteiger partial charge in [-0.1, -0.05) is 6.92 Å². The summed E-state index contributed by atoms with van der Waals surface area (Å²) in [6.07, 6.45) is 5.59. The van der Waals surface area contributed by atoms with E-state index in [9.17, 15) is 4.79 Å². The van der Waals surface area contributed by atoms with E-state index in [0.29, 0.717) is 13.0 Å². The van der Waals surface area contributed by atoms with E-state index in [1.807, 2.05) is 6.92 Å². The molecule has 0 fully saturated rings. The maximum Gasteiger partial charge on any atom is 0.224 e. The Morgan fingerprint density at radius 3 is 2.67 bits per heavy atom. The smallest absolute Gasteiger partial charge is 0.224 e. The lowest BCUT2D eigenvalue weighted by Gasteiger charge is -2.14. The predicted molar refractivity (Wildman–Crippen MR) is 49.3 cm³/mol. The molecule has 0 bridgehead atoms. The number of hydrogen-bond donors (Lipinski definition) is 2. The summed E-state index contributed by atoms with van der Waals surface area (Å²) in [4.78, 5) is 11.2. The van der Waals surface area contributed by atoms with Gasteiger partial charge in [-0.2, -0.15) is 0 Å². The first-order valence-corrected chi connectivity index (χ1v) is 4.06. The predicted octanol–water partition coefficient (Wildman–Crippen LogP) is 0.109. The quantitative estimate of drug-likeness (QED) is 0.462. The molecule has 3 N–H and O–H groups in total. The highest BCUT2D eigenvalue weighted by molar-refractivity contribution is 5.78. The maximum absolute atomic E-state index is 11.2. The van der Waals surface area contributed by atoms with Crippen LogP contribution in [-0.2, 0) is 4.79 Å². The minimum Gasteiger partial charge on any atom is -0.355 e. The van der Waals surface area contributed by atoms with E-state index >= 15 is 0 Å². The van der Waals surface area contributed by atoms with Crippen molar-refractivity contribution in [2.45, 2.75) is 26.3 Å². The summed E-state index contributed by atoms with van der Waals surface area (Å²) >= 11 is 0. The van der Waals surface area contributed by atoms with Crippen LogP contribution in [0.25, 0.3) is 0 Å². The Morgan fingerprint density at radius 2 is 2.25 bits per heavy atom. The summed E-state index contributed by atoms with van der Waals surface area (Å²) in [7, 11) is 0. The minimum absolute atomic E-state index is 0.0275. The van der Waals surface area contributed by atoms with Gasteiger partial charge in [0.25, 0.3) is 0 Å². The van der Waals surface area contributed by atoms with E-state index in [0.717, 1.165) is 0 Å². The molecular weight excluding hydrogens is 152 g/mol. The number of amides is 1. The zero-order valence-electron chi connectivity index (χ0n) is 7.63. The molecule has 2 unspecified atom stereocenters. The topological polar surface area (TPSA) is 55.1 Å². The molecule has 3 nitrogen and oxygen atoms in total. The molecule has 0 aliphatic rings. The van der Waals surface area contributed by atoms with Crippen molar-refractivity contribution in [2.24, 2.45) is 11.7 Å². The van der Waals surface area contributed by atoms with Gasteiger partial charge in [0.15, 0.2) is 0 Å². The van der Waals surface area contributed by atoms with Crippen molar-refractivity contribution in [3.8, 4) is 12.3 Å². The third-order valence-electron chi connectivity index (χ3n) is 1.77. The summed E-state index contributed by atoms with van der Waals surface area (Å²) in [6.45, 7) is 4.15. The molecular formula is C9H16N2O. The molecule has 12 heavy (non-hydrogen) atoms. The molecule has 0 spiro atoms. The highest BCUT2D eigenvalue weighted by Crippen LogP contribution is 1.98. The molecule has 0 heterocycles. The SMILES string of the molecule is C#CCCNC(=O)C(C)C(C)N. The second-order valence-electron chi connectivity index (χ2n) is 2.89. The monoisotopic (exact) mass is 168 g/mol. The van der Waals surface area contributed by atoms with E-state index in [4.69, 9.17) is 12.2 Å². The van der Waals surface area contributed by atoms with Crippen molar-refractivity contribution in [3.63, 3.8) is 0 Å². The molecule has 0 aromatic rings. The average molecular weight is 168 g/mol. The number of terminal acetylenes is 1. The Balaban J connectivity index is 3.66.